The van der Waals surface area contributed by atoms with E-state index in [-0.39, 0.29) is 12.2 Å². The molecule has 9 heteroatoms. The molecule has 0 saturated heterocycles. The Labute approximate surface area is 247 Å². The SMILES string of the molecule is CCOC(=O)C1=C(C)N=c2s/c(=C/c3cccc(OCc4ccccc4)c3)c(=O)n2[C@@H]1c1ccc(OC)c(OCC)c1. The van der Waals surface area contributed by atoms with Gasteiger partial charge in [-0.25, -0.2) is 9.79 Å². The predicted molar refractivity (Wildman–Crippen MR) is 162 cm³/mol. The first kappa shape index (κ1) is 28.9. The van der Waals surface area contributed by atoms with Gasteiger partial charge in [-0.3, -0.25) is 9.36 Å². The van der Waals surface area contributed by atoms with Crippen LogP contribution in [0.15, 0.2) is 93.9 Å². The number of thiazole rings is 1. The molecule has 0 amide bonds. The molecule has 0 saturated carbocycles. The second-order valence-corrected chi connectivity index (χ2v) is 10.5. The Kier molecular flexibility index (Phi) is 8.88. The van der Waals surface area contributed by atoms with Gasteiger partial charge in [-0.15, -0.1) is 0 Å². The van der Waals surface area contributed by atoms with Crippen LogP contribution in [0.4, 0.5) is 0 Å². The molecule has 0 radical (unpaired) electrons. The van der Waals surface area contributed by atoms with Gasteiger partial charge < -0.3 is 18.9 Å². The average Bonchev–Trinajstić information content (AvgIpc) is 3.30. The largest absolute Gasteiger partial charge is 0.493 e. The maximum atomic E-state index is 14.0. The fraction of sp³-hybridized carbons (Fsp3) is 0.242. The van der Waals surface area contributed by atoms with Crippen LogP contribution >= 0.6 is 11.3 Å². The average molecular weight is 585 g/mol. The van der Waals surface area contributed by atoms with Gasteiger partial charge in [0.2, 0.25) is 0 Å². The van der Waals surface area contributed by atoms with Gasteiger partial charge in [0.15, 0.2) is 16.3 Å². The Morgan fingerprint density at radius 3 is 2.52 bits per heavy atom. The van der Waals surface area contributed by atoms with Crippen molar-refractivity contribution in [2.45, 2.75) is 33.4 Å². The molecule has 1 atom stereocenters. The smallest absolute Gasteiger partial charge is 0.338 e. The van der Waals surface area contributed by atoms with Gasteiger partial charge in [0.1, 0.15) is 12.4 Å². The van der Waals surface area contributed by atoms with Crippen LogP contribution in [0.3, 0.4) is 0 Å². The molecule has 1 aliphatic rings. The van der Waals surface area contributed by atoms with E-state index in [0.29, 0.717) is 56.6 Å². The third kappa shape index (κ3) is 6.01. The van der Waals surface area contributed by atoms with E-state index in [4.69, 9.17) is 18.9 Å². The number of aromatic nitrogens is 1. The Morgan fingerprint density at radius 1 is 0.976 bits per heavy atom. The first-order valence-corrected chi connectivity index (χ1v) is 14.5. The predicted octanol–water partition coefficient (Wildman–Crippen LogP) is 4.78. The molecule has 5 rings (SSSR count). The Hall–Kier alpha value is -4.63. The molecular weight excluding hydrogens is 552 g/mol. The van der Waals surface area contributed by atoms with E-state index in [0.717, 1.165) is 11.1 Å². The fourth-order valence-corrected chi connectivity index (χ4v) is 5.87. The highest BCUT2D eigenvalue weighted by atomic mass is 32.1. The van der Waals surface area contributed by atoms with E-state index in [1.807, 2.05) is 73.7 Å². The van der Waals surface area contributed by atoms with E-state index in [9.17, 15) is 9.59 Å². The fourth-order valence-electron chi connectivity index (χ4n) is 4.82. The highest BCUT2D eigenvalue weighted by Crippen LogP contribution is 2.36. The number of carbonyl (C=O) groups excluding carboxylic acids is 1. The van der Waals surface area contributed by atoms with Crippen LogP contribution in [0.25, 0.3) is 6.08 Å². The minimum atomic E-state index is -0.756. The molecule has 216 valence electrons. The lowest BCUT2D eigenvalue weighted by Crippen LogP contribution is -2.40. The molecular formula is C33H32N2O6S. The molecule has 8 nitrogen and oxygen atoms in total. The van der Waals surface area contributed by atoms with Crippen molar-refractivity contribution in [1.29, 1.82) is 0 Å². The number of esters is 1. The number of hydrogen-bond acceptors (Lipinski definition) is 8. The summed E-state index contributed by atoms with van der Waals surface area (Å²) in [5.41, 5.74) is 3.10. The van der Waals surface area contributed by atoms with E-state index in [1.54, 1.807) is 37.7 Å². The van der Waals surface area contributed by atoms with Crippen molar-refractivity contribution < 1.29 is 23.7 Å². The molecule has 42 heavy (non-hydrogen) atoms. The van der Waals surface area contributed by atoms with Gasteiger partial charge in [-0.05, 0) is 67.8 Å². The van der Waals surface area contributed by atoms with Gasteiger partial charge in [0, 0.05) is 0 Å². The van der Waals surface area contributed by atoms with Crippen LogP contribution in [0, 0.1) is 0 Å². The third-order valence-corrected chi connectivity index (χ3v) is 7.71. The van der Waals surface area contributed by atoms with Crippen molar-refractivity contribution in [3.63, 3.8) is 0 Å². The normalized spacial score (nSPS) is 14.7. The van der Waals surface area contributed by atoms with Crippen LogP contribution < -0.4 is 29.1 Å². The van der Waals surface area contributed by atoms with Gasteiger partial charge in [-0.2, -0.15) is 0 Å². The summed E-state index contributed by atoms with van der Waals surface area (Å²) in [5.74, 6) is 1.25. The zero-order valence-electron chi connectivity index (χ0n) is 24.0. The van der Waals surface area contributed by atoms with Crippen molar-refractivity contribution in [1.82, 2.24) is 4.57 Å². The molecule has 0 aliphatic carbocycles. The molecule has 1 aromatic heterocycles. The second-order valence-electron chi connectivity index (χ2n) is 9.49. The van der Waals surface area contributed by atoms with Crippen molar-refractivity contribution in [3.8, 4) is 17.2 Å². The summed E-state index contributed by atoms with van der Waals surface area (Å²) in [7, 11) is 1.57. The molecule has 1 aliphatic heterocycles. The zero-order chi connectivity index (χ0) is 29.6. The Bertz CT molecular complexity index is 1810. The van der Waals surface area contributed by atoms with E-state index < -0.39 is 12.0 Å². The lowest BCUT2D eigenvalue weighted by Gasteiger charge is -2.25. The molecule has 0 bridgehead atoms. The number of ether oxygens (including phenoxy) is 4. The van der Waals surface area contributed by atoms with Crippen LogP contribution in [0.1, 0.15) is 43.5 Å². The number of nitrogens with zero attached hydrogens (tertiary/aromatic N) is 2. The third-order valence-electron chi connectivity index (χ3n) is 6.72. The number of hydrogen-bond donors (Lipinski definition) is 0. The van der Waals surface area contributed by atoms with Crippen molar-refractivity contribution >= 4 is 23.4 Å². The molecule has 0 spiro atoms. The summed E-state index contributed by atoms with van der Waals surface area (Å²) in [4.78, 5) is 32.4. The quantitative estimate of drug-likeness (QED) is 0.249. The maximum absolute atomic E-state index is 14.0. The second kappa shape index (κ2) is 12.9. The van der Waals surface area contributed by atoms with Gasteiger partial charge in [-0.1, -0.05) is 59.9 Å². The number of carbonyl (C=O) groups is 1. The molecule has 3 aromatic carbocycles. The van der Waals surface area contributed by atoms with Crippen LogP contribution in [-0.2, 0) is 16.1 Å². The summed E-state index contributed by atoms with van der Waals surface area (Å²) in [6.45, 7) is 6.45. The van der Waals surface area contributed by atoms with Crippen LogP contribution in [-0.4, -0.2) is 30.9 Å². The molecule has 0 N–H and O–H groups in total. The van der Waals surface area contributed by atoms with Crippen molar-refractivity contribution in [3.05, 3.63) is 120 Å². The molecule has 2 heterocycles. The van der Waals surface area contributed by atoms with E-state index in [2.05, 4.69) is 4.99 Å². The molecule has 4 aromatic rings. The number of allylic oxidation sites excluding steroid dienone is 1. The lowest BCUT2D eigenvalue weighted by molar-refractivity contribution is -0.139. The first-order valence-electron chi connectivity index (χ1n) is 13.7. The van der Waals surface area contributed by atoms with Gasteiger partial charge in [0.05, 0.1) is 42.2 Å². The lowest BCUT2D eigenvalue weighted by atomic mass is 9.95. The maximum Gasteiger partial charge on any atom is 0.338 e. The number of rotatable bonds is 10. The van der Waals surface area contributed by atoms with Crippen molar-refractivity contribution in [2.75, 3.05) is 20.3 Å². The number of fused-ring (bicyclic) bond motifs is 1. The summed E-state index contributed by atoms with van der Waals surface area (Å²) in [5, 5.41) is 0. The summed E-state index contributed by atoms with van der Waals surface area (Å²) in [6, 6.07) is 22.2. The topological polar surface area (TPSA) is 88.4 Å². The van der Waals surface area contributed by atoms with E-state index in [1.165, 1.54) is 11.3 Å². The Morgan fingerprint density at radius 2 is 1.79 bits per heavy atom. The monoisotopic (exact) mass is 584 g/mol. The summed E-state index contributed by atoms with van der Waals surface area (Å²) in [6.07, 6.45) is 1.82. The van der Waals surface area contributed by atoms with Crippen LogP contribution in [0.2, 0.25) is 0 Å². The molecule has 0 unspecified atom stereocenters. The zero-order valence-corrected chi connectivity index (χ0v) is 24.8. The molecule has 0 fully saturated rings. The highest BCUT2D eigenvalue weighted by molar-refractivity contribution is 7.07. The summed E-state index contributed by atoms with van der Waals surface area (Å²) >= 11 is 1.27. The Balaban J connectivity index is 1.59. The van der Waals surface area contributed by atoms with Gasteiger partial charge >= 0.3 is 5.97 Å². The van der Waals surface area contributed by atoms with E-state index >= 15 is 0 Å². The summed E-state index contributed by atoms with van der Waals surface area (Å²) < 4.78 is 24.7. The minimum Gasteiger partial charge on any atom is -0.493 e. The minimum absolute atomic E-state index is 0.197. The van der Waals surface area contributed by atoms with Crippen LogP contribution in [0.5, 0.6) is 17.2 Å². The highest BCUT2D eigenvalue weighted by Gasteiger charge is 2.34. The number of benzene rings is 3. The first-order chi connectivity index (χ1) is 20.4. The standard InChI is InChI=1S/C33H32N2O6S/c1-5-39-27-19-24(15-16-26(27)38-4)30-29(32(37)40-6-2)21(3)34-33-35(30)31(36)28(42-33)18-23-13-10-14-25(17-23)41-20-22-11-8-7-9-12-22/h7-19,30H,5-6,20H2,1-4H3/b28-18+/t30-/m1/s1. The van der Waals surface area contributed by atoms with Gasteiger partial charge in [0.25, 0.3) is 5.56 Å². The number of methoxy groups -OCH3 is 1. The van der Waals surface area contributed by atoms with Crippen molar-refractivity contribution in [2.24, 2.45) is 4.99 Å².